The minimum atomic E-state index is -0.906. The Kier molecular flexibility index (Phi) is 1.21. The van der Waals surface area contributed by atoms with E-state index in [1.807, 2.05) is 0 Å². The molecule has 3 rings (SSSR count). The fraction of sp³-hybridized carbons (Fsp3) is 0.100. The molecule has 14 heavy (non-hydrogen) atoms. The number of benzene rings is 1. The predicted octanol–water partition coefficient (Wildman–Crippen LogP) is 1.35. The minimum absolute atomic E-state index is 0.210. The van der Waals surface area contributed by atoms with Gasteiger partial charge < -0.3 is 14.6 Å². The van der Waals surface area contributed by atoms with E-state index in [2.05, 4.69) is 0 Å². The molecule has 0 spiro atoms. The highest BCUT2D eigenvalue weighted by Crippen LogP contribution is 2.46. The van der Waals surface area contributed by atoms with Gasteiger partial charge in [0.05, 0.1) is 5.57 Å². The van der Waals surface area contributed by atoms with Crippen molar-refractivity contribution in [2.45, 2.75) is 0 Å². The average Bonchev–Trinajstić information content (AvgIpc) is 2.50. The quantitative estimate of drug-likeness (QED) is 0.726. The monoisotopic (exact) mass is 190 g/mol. The largest absolute Gasteiger partial charge is 0.478 e. The van der Waals surface area contributed by atoms with Crippen molar-refractivity contribution < 1.29 is 19.4 Å². The van der Waals surface area contributed by atoms with Crippen LogP contribution in [0.5, 0.6) is 11.5 Å². The maximum absolute atomic E-state index is 10.7. The Morgan fingerprint density at radius 1 is 1.36 bits per heavy atom. The summed E-state index contributed by atoms with van der Waals surface area (Å²) in [6, 6.07) is 3.48. The molecule has 70 valence electrons. The van der Waals surface area contributed by atoms with Crippen LogP contribution in [0.25, 0.3) is 11.6 Å². The lowest BCUT2D eigenvalue weighted by molar-refractivity contribution is -0.130. The maximum atomic E-state index is 10.7. The van der Waals surface area contributed by atoms with Crippen LogP contribution in [0, 0.1) is 0 Å². The van der Waals surface area contributed by atoms with E-state index in [0.717, 1.165) is 11.1 Å². The lowest BCUT2D eigenvalue weighted by Gasteiger charge is -2.17. The predicted molar refractivity (Wildman–Crippen MR) is 48.1 cm³/mol. The molecule has 1 N–H and O–H groups in total. The number of hydrogen-bond donors (Lipinski definition) is 1. The normalized spacial score (nSPS) is 15.6. The second-order valence-electron chi connectivity index (χ2n) is 3.12. The fourth-order valence-electron chi connectivity index (χ4n) is 1.69. The van der Waals surface area contributed by atoms with Crippen LogP contribution >= 0.6 is 0 Å². The summed E-state index contributed by atoms with van der Waals surface area (Å²) >= 11 is 0. The van der Waals surface area contributed by atoms with E-state index in [9.17, 15) is 4.79 Å². The number of aliphatic carboxylic acids is 1. The highest BCUT2D eigenvalue weighted by atomic mass is 16.7. The molecule has 0 fully saturated rings. The van der Waals surface area contributed by atoms with Gasteiger partial charge in [-0.25, -0.2) is 4.79 Å². The topological polar surface area (TPSA) is 55.8 Å². The maximum Gasteiger partial charge on any atom is 0.336 e. The Morgan fingerprint density at radius 3 is 3.00 bits per heavy atom. The Morgan fingerprint density at radius 2 is 2.21 bits per heavy atom. The lowest BCUT2D eigenvalue weighted by Crippen LogP contribution is -2.08. The Hall–Kier alpha value is -1.97. The molecule has 4 heteroatoms. The molecule has 0 saturated carbocycles. The third-order valence-electron chi connectivity index (χ3n) is 2.39. The molecule has 2 aliphatic rings. The minimum Gasteiger partial charge on any atom is -0.478 e. The summed E-state index contributed by atoms with van der Waals surface area (Å²) in [6.07, 6.45) is 1.60. The van der Waals surface area contributed by atoms with E-state index in [-0.39, 0.29) is 6.79 Å². The molecule has 0 radical (unpaired) electrons. The van der Waals surface area contributed by atoms with Crippen molar-refractivity contribution in [1.29, 1.82) is 0 Å². The van der Waals surface area contributed by atoms with Gasteiger partial charge in [-0.05, 0) is 18.2 Å². The zero-order valence-corrected chi connectivity index (χ0v) is 7.11. The van der Waals surface area contributed by atoms with E-state index in [1.54, 1.807) is 18.2 Å². The van der Waals surface area contributed by atoms with Crippen molar-refractivity contribution in [3.8, 4) is 11.5 Å². The molecule has 0 bridgehead atoms. The van der Waals surface area contributed by atoms with Crippen molar-refractivity contribution in [3.05, 3.63) is 23.3 Å². The smallest absolute Gasteiger partial charge is 0.336 e. The van der Waals surface area contributed by atoms with Gasteiger partial charge in [0.1, 0.15) is 0 Å². The number of carbonyl (C=O) groups is 1. The first-order valence-corrected chi connectivity index (χ1v) is 4.15. The highest BCUT2D eigenvalue weighted by Gasteiger charge is 2.29. The van der Waals surface area contributed by atoms with Crippen molar-refractivity contribution >= 4 is 17.6 Å². The summed E-state index contributed by atoms with van der Waals surface area (Å²) in [5, 5.41) is 8.79. The van der Waals surface area contributed by atoms with Crippen LogP contribution < -0.4 is 9.47 Å². The number of hydrogen-bond acceptors (Lipinski definition) is 3. The first-order chi connectivity index (χ1) is 6.77. The zero-order valence-electron chi connectivity index (χ0n) is 7.11. The third kappa shape index (κ3) is 0.750. The summed E-state index contributed by atoms with van der Waals surface area (Å²) in [5.74, 6) is 0.438. The third-order valence-corrected chi connectivity index (χ3v) is 2.39. The van der Waals surface area contributed by atoms with E-state index >= 15 is 0 Å². The summed E-state index contributed by atoms with van der Waals surface area (Å²) in [6.45, 7) is 0.210. The Labute approximate surface area is 79.4 Å². The van der Waals surface area contributed by atoms with E-state index in [0.29, 0.717) is 17.1 Å². The van der Waals surface area contributed by atoms with Crippen LogP contribution in [0.15, 0.2) is 12.1 Å². The van der Waals surface area contributed by atoms with Gasteiger partial charge >= 0.3 is 5.97 Å². The standard InChI is InChI=1S/C10H6O4/c11-10(12)7-3-6-5(7)1-2-8-9(6)14-4-13-8/h1-3H,4H2,(H,11,12). The molecule has 0 amide bonds. The summed E-state index contributed by atoms with van der Waals surface area (Å²) in [7, 11) is 0. The molecule has 1 aromatic rings. The van der Waals surface area contributed by atoms with Crippen molar-refractivity contribution in [1.82, 2.24) is 0 Å². The first-order valence-electron chi connectivity index (χ1n) is 4.15. The van der Waals surface area contributed by atoms with Gasteiger partial charge in [-0.1, -0.05) is 0 Å². The Balaban J connectivity index is 2.14. The van der Waals surface area contributed by atoms with E-state index < -0.39 is 5.97 Å². The average molecular weight is 190 g/mol. The highest BCUT2D eigenvalue weighted by molar-refractivity contribution is 6.27. The van der Waals surface area contributed by atoms with Crippen LogP contribution in [0.2, 0.25) is 0 Å². The molecule has 1 aromatic carbocycles. The number of carboxylic acid groups (broad SMARTS) is 1. The van der Waals surface area contributed by atoms with E-state index in [1.165, 1.54) is 0 Å². The van der Waals surface area contributed by atoms with Crippen LogP contribution in [-0.4, -0.2) is 17.9 Å². The number of fused-ring (bicyclic) bond motifs is 3. The van der Waals surface area contributed by atoms with Crippen LogP contribution in [-0.2, 0) is 4.79 Å². The molecular weight excluding hydrogens is 184 g/mol. The van der Waals surface area contributed by atoms with Crippen molar-refractivity contribution in [3.63, 3.8) is 0 Å². The van der Waals surface area contributed by atoms with Crippen LogP contribution in [0.3, 0.4) is 0 Å². The molecular formula is C10H6O4. The van der Waals surface area contributed by atoms with Gasteiger partial charge in [0, 0.05) is 11.1 Å². The van der Waals surface area contributed by atoms with Crippen LogP contribution in [0.1, 0.15) is 11.1 Å². The first kappa shape index (κ1) is 7.44. The zero-order chi connectivity index (χ0) is 9.71. The molecule has 1 aliphatic heterocycles. The number of rotatable bonds is 1. The van der Waals surface area contributed by atoms with Crippen molar-refractivity contribution in [2.75, 3.05) is 6.79 Å². The second-order valence-corrected chi connectivity index (χ2v) is 3.12. The van der Waals surface area contributed by atoms with Gasteiger partial charge in [-0.3, -0.25) is 0 Å². The fourth-order valence-corrected chi connectivity index (χ4v) is 1.69. The van der Waals surface area contributed by atoms with Gasteiger partial charge in [-0.2, -0.15) is 0 Å². The molecule has 4 nitrogen and oxygen atoms in total. The lowest BCUT2D eigenvalue weighted by atomic mass is 9.87. The SMILES string of the molecule is O=C(O)C1=Cc2c1ccc1c2OCO1. The van der Waals surface area contributed by atoms with E-state index in [4.69, 9.17) is 14.6 Å². The summed E-state index contributed by atoms with van der Waals surface area (Å²) < 4.78 is 10.4. The molecule has 0 aromatic heterocycles. The summed E-state index contributed by atoms with van der Waals surface area (Å²) in [4.78, 5) is 10.7. The number of carboxylic acids is 1. The van der Waals surface area contributed by atoms with Crippen LogP contribution in [0.4, 0.5) is 0 Å². The van der Waals surface area contributed by atoms with Gasteiger partial charge in [0.25, 0.3) is 0 Å². The molecule has 1 heterocycles. The van der Waals surface area contributed by atoms with Crippen molar-refractivity contribution in [2.24, 2.45) is 0 Å². The molecule has 0 saturated heterocycles. The number of ether oxygens (including phenoxy) is 2. The molecule has 1 aliphatic carbocycles. The summed E-state index contributed by atoms with van der Waals surface area (Å²) in [5.41, 5.74) is 1.89. The molecule has 0 atom stereocenters. The van der Waals surface area contributed by atoms with Gasteiger partial charge in [0.15, 0.2) is 11.5 Å². The second kappa shape index (κ2) is 2.29. The molecule has 0 unspecified atom stereocenters. The Bertz CT molecular complexity index is 473. The van der Waals surface area contributed by atoms with Gasteiger partial charge in [0.2, 0.25) is 6.79 Å². The van der Waals surface area contributed by atoms with Gasteiger partial charge in [-0.15, -0.1) is 0 Å².